The SMILES string of the molecule is CC(C)c1ncsc1C(=O)NC1CCN(c2nccn2C)CC1. The van der Waals surface area contributed by atoms with Gasteiger partial charge in [0, 0.05) is 38.6 Å². The Hall–Kier alpha value is -1.89. The number of carbonyl (C=O) groups is 1. The van der Waals surface area contributed by atoms with Gasteiger partial charge in [-0.3, -0.25) is 4.79 Å². The third-order valence-electron chi connectivity index (χ3n) is 4.26. The fourth-order valence-corrected chi connectivity index (χ4v) is 3.82. The predicted molar refractivity (Wildman–Crippen MR) is 92.1 cm³/mol. The highest BCUT2D eigenvalue weighted by Crippen LogP contribution is 2.23. The van der Waals surface area contributed by atoms with Crippen LogP contribution in [0.15, 0.2) is 17.9 Å². The third-order valence-corrected chi connectivity index (χ3v) is 5.10. The lowest BCUT2D eigenvalue weighted by molar-refractivity contribution is 0.0933. The van der Waals surface area contributed by atoms with Crippen molar-refractivity contribution in [1.82, 2.24) is 19.9 Å². The van der Waals surface area contributed by atoms with Gasteiger partial charge in [-0.25, -0.2) is 9.97 Å². The number of imidazole rings is 1. The molecule has 6 nitrogen and oxygen atoms in total. The number of hydrogen-bond donors (Lipinski definition) is 1. The van der Waals surface area contributed by atoms with Crippen molar-refractivity contribution in [2.24, 2.45) is 7.05 Å². The van der Waals surface area contributed by atoms with E-state index in [2.05, 4.69) is 34.0 Å². The highest BCUT2D eigenvalue weighted by Gasteiger charge is 2.25. The van der Waals surface area contributed by atoms with Gasteiger partial charge in [-0.2, -0.15) is 0 Å². The van der Waals surface area contributed by atoms with Crippen LogP contribution >= 0.6 is 11.3 Å². The first-order chi connectivity index (χ1) is 11.1. The van der Waals surface area contributed by atoms with Crippen molar-refractivity contribution in [3.05, 3.63) is 28.5 Å². The summed E-state index contributed by atoms with van der Waals surface area (Å²) in [7, 11) is 2.01. The van der Waals surface area contributed by atoms with Crippen molar-refractivity contribution in [1.29, 1.82) is 0 Å². The molecule has 1 N–H and O–H groups in total. The molecule has 23 heavy (non-hydrogen) atoms. The minimum Gasteiger partial charge on any atom is -0.348 e. The summed E-state index contributed by atoms with van der Waals surface area (Å²) >= 11 is 1.43. The molecular formula is C16H23N5OS. The largest absolute Gasteiger partial charge is 0.348 e. The molecule has 0 unspecified atom stereocenters. The smallest absolute Gasteiger partial charge is 0.263 e. The Morgan fingerprint density at radius 3 is 2.70 bits per heavy atom. The highest BCUT2D eigenvalue weighted by molar-refractivity contribution is 7.11. The summed E-state index contributed by atoms with van der Waals surface area (Å²) in [5.74, 6) is 1.29. The average molecular weight is 333 g/mol. The summed E-state index contributed by atoms with van der Waals surface area (Å²) in [6, 6.07) is 0.223. The number of aryl methyl sites for hydroxylation is 1. The van der Waals surface area contributed by atoms with Crippen LogP contribution in [0.25, 0.3) is 0 Å². The molecule has 0 radical (unpaired) electrons. The molecule has 0 atom stereocenters. The summed E-state index contributed by atoms with van der Waals surface area (Å²) in [5.41, 5.74) is 2.66. The van der Waals surface area contributed by atoms with Crippen LogP contribution in [0.3, 0.4) is 0 Å². The zero-order valence-corrected chi connectivity index (χ0v) is 14.6. The minimum absolute atomic E-state index is 0.0200. The van der Waals surface area contributed by atoms with Gasteiger partial charge in [0.05, 0.1) is 11.2 Å². The van der Waals surface area contributed by atoms with E-state index in [1.54, 1.807) is 5.51 Å². The van der Waals surface area contributed by atoms with Crippen LogP contribution in [0.5, 0.6) is 0 Å². The Labute approximate surface area is 140 Å². The van der Waals surface area contributed by atoms with Crippen LogP contribution in [0, 0.1) is 0 Å². The van der Waals surface area contributed by atoms with E-state index < -0.39 is 0 Å². The van der Waals surface area contributed by atoms with Crippen molar-refractivity contribution in [2.45, 2.75) is 38.6 Å². The summed E-state index contributed by atoms with van der Waals surface area (Å²) in [4.78, 5) is 24.2. The number of rotatable bonds is 4. The average Bonchev–Trinajstić information content (AvgIpc) is 3.17. The number of nitrogens with zero attached hydrogens (tertiary/aromatic N) is 4. The molecule has 2 aromatic rings. The first-order valence-corrected chi connectivity index (χ1v) is 8.90. The summed E-state index contributed by atoms with van der Waals surface area (Å²) in [6.45, 7) is 5.96. The minimum atomic E-state index is 0.0200. The summed E-state index contributed by atoms with van der Waals surface area (Å²) in [5, 5.41) is 3.17. The van der Waals surface area contributed by atoms with Gasteiger partial charge in [0.2, 0.25) is 5.95 Å². The molecule has 1 aliphatic heterocycles. The van der Waals surface area contributed by atoms with Crippen LogP contribution in [0.1, 0.15) is 48.0 Å². The van der Waals surface area contributed by atoms with E-state index in [0.29, 0.717) is 0 Å². The third kappa shape index (κ3) is 3.39. The number of anilines is 1. The van der Waals surface area contributed by atoms with Crippen LogP contribution < -0.4 is 10.2 Å². The van der Waals surface area contributed by atoms with Gasteiger partial charge in [0.1, 0.15) is 4.88 Å². The number of hydrogen-bond acceptors (Lipinski definition) is 5. The highest BCUT2D eigenvalue weighted by atomic mass is 32.1. The summed E-state index contributed by atoms with van der Waals surface area (Å²) < 4.78 is 2.03. The molecular weight excluding hydrogens is 310 g/mol. The second-order valence-electron chi connectivity index (χ2n) is 6.29. The van der Waals surface area contributed by atoms with Crippen LogP contribution in [0.4, 0.5) is 5.95 Å². The molecule has 0 aromatic carbocycles. The molecule has 7 heteroatoms. The Morgan fingerprint density at radius 1 is 1.35 bits per heavy atom. The normalized spacial score (nSPS) is 16.1. The topological polar surface area (TPSA) is 63.1 Å². The van der Waals surface area contributed by atoms with E-state index >= 15 is 0 Å². The number of piperidine rings is 1. The van der Waals surface area contributed by atoms with E-state index in [1.165, 1.54) is 11.3 Å². The maximum absolute atomic E-state index is 12.5. The molecule has 0 saturated carbocycles. The van der Waals surface area contributed by atoms with Crippen molar-refractivity contribution < 1.29 is 4.79 Å². The number of thiazole rings is 1. The van der Waals surface area contributed by atoms with E-state index in [0.717, 1.165) is 42.5 Å². The Kier molecular flexibility index (Phi) is 4.66. The fraction of sp³-hybridized carbons (Fsp3) is 0.562. The van der Waals surface area contributed by atoms with Gasteiger partial charge in [0.25, 0.3) is 5.91 Å². The standard InChI is InChI=1S/C16H23N5OS/c1-11(2)13-14(23-10-18-13)15(22)19-12-4-7-21(8-5-12)16-17-6-9-20(16)3/h6,9-12H,4-5,7-8H2,1-3H3,(H,19,22). The van der Waals surface area contributed by atoms with E-state index in [1.807, 2.05) is 24.0 Å². The van der Waals surface area contributed by atoms with Crippen LogP contribution in [0.2, 0.25) is 0 Å². The second-order valence-corrected chi connectivity index (χ2v) is 7.15. The van der Waals surface area contributed by atoms with Crippen molar-refractivity contribution in [3.63, 3.8) is 0 Å². The van der Waals surface area contributed by atoms with Gasteiger partial charge in [-0.1, -0.05) is 13.8 Å². The molecule has 3 rings (SSSR count). The van der Waals surface area contributed by atoms with Crippen molar-refractivity contribution >= 4 is 23.2 Å². The number of aromatic nitrogens is 3. The molecule has 124 valence electrons. The molecule has 3 heterocycles. The van der Waals surface area contributed by atoms with E-state index in [9.17, 15) is 4.79 Å². The number of carbonyl (C=O) groups excluding carboxylic acids is 1. The Morgan fingerprint density at radius 2 is 2.09 bits per heavy atom. The lowest BCUT2D eigenvalue weighted by Gasteiger charge is -2.33. The molecule has 2 aromatic heterocycles. The van der Waals surface area contributed by atoms with Crippen LogP contribution in [-0.2, 0) is 7.05 Å². The zero-order chi connectivity index (χ0) is 16.4. The molecule has 1 amide bonds. The Bertz CT molecular complexity index is 670. The number of amides is 1. The molecule has 1 aliphatic rings. The predicted octanol–water partition coefficient (Wildman–Crippen LogP) is 2.40. The second kappa shape index (κ2) is 6.70. The molecule has 1 saturated heterocycles. The van der Waals surface area contributed by atoms with Crippen LogP contribution in [-0.4, -0.2) is 39.6 Å². The van der Waals surface area contributed by atoms with E-state index in [4.69, 9.17) is 0 Å². The quantitative estimate of drug-likeness (QED) is 0.933. The Balaban J connectivity index is 1.57. The van der Waals surface area contributed by atoms with Crippen molar-refractivity contribution in [3.8, 4) is 0 Å². The van der Waals surface area contributed by atoms with Gasteiger partial charge >= 0.3 is 0 Å². The lowest BCUT2D eigenvalue weighted by atomic mass is 10.0. The lowest BCUT2D eigenvalue weighted by Crippen LogP contribution is -2.45. The van der Waals surface area contributed by atoms with Crippen molar-refractivity contribution in [2.75, 3.05) is 18.0 Å². The maximum atomic E-state index is 12.5. The first kappa shape index (κ1) is 16.0. The maximum Gasteiger partial charge on any atom is 0.263 e. The summed E-state index contributed by atoms with van der Waals surface area (Å²) in [6.07, 6.45) is 5.66. The fourth-order valence-electron chi connectivity index (χ4n) is 2.97. The van der Waals surface area contributed by atoms with Gasteiger partial charge in [0.15, 0.2) is 0 Å². The monoisotopic (exact) mass is 333 g/mol. The van der Waals surface area contributed by atoms with Gasteiger partial charge in [-0.05, 0) is 18.8 Å². The first-order valence-electron chi connectivity index (χ1n) is 8.02. The molecule has 0 bridgehead atoms. The molecule has 1 fully saturated rings. The number of nitrogens with one attached hydrogen (secondary N) is 1. The van der Waals surface area contributed by atoms with Gasteiger partial charge in [-0.15, -0.1) is 11.3 Å². The molecule has 0 aliphatic carbocycles. The van der Waals surface area contributed by atoms with Gasteiger partial charge < -0.3 is 14.8 Å². The van der Waals surface area contributed by atoms with E-state index in [-0.39, 0.29) is 17.9 Å². The molecule has 0 spiro atoms. The zero-order valence-electron chi connectivity index (χ0n) is 13.8.